The number of nitrogens with zero attached hydrogens (tertiary/aromatic N) is 1. The fraction of sp³-hybridized carbons (Fsp3) is 0.143. The summed E-state index contributed by atoms with van der Waals surface area (Å²) in [7, 11) is -4.01. The lowest BCUT2D eigenvalue weighted by Crippen LogP contribution is -2.27. The zero-order valence-corrected chi connectivity index (χ0v) is 18.6. The van der Waals surface area contributed by atoms with Crippen molar-refractivity contribution in [1.82, 2.24) is 4.90 Å². The van der Waals surface area contributed by atoms with Crippen molar-refractivity contribution in [3.8, 4) is 11.5 Å². The third-order valence-electron chi connectivity index (χ3n) is 3.98. The van der Waals surface area contributed by atoms with Crippen LogP contribution in [0.5, 0.6) is 11.5 Å². The Hall–Kier alpha value is -2.62. The number of hydrogen-bond donors (Lipinski definition) is 0. The van der Waals surface area contributed by atoms with Gasteiger partial charge in [-0.25, -0.2) is 0 Å². The van der Waals surface area contributed by atoms with Gasteiger partial charge in [0.1, 0.15) is 9.22 Å². The lowest BCUT2D eigenvalue weighted by molar-refractivity contribution is -0.121. The maximum absolute atomic E-state index is 12.5. The van der Waals surface area contributed by atoms with E-state index in [1.807, 2.05) is 0 Å². The third kappa shape index (κ3) is 4.92. The summed E-state index contributed by atoms with van der Waals surface area (Å²) in [6.45, 7) is 6.07. The molecule has 0 unspecified atom stereocenters. The smallest absolute Gasteiger partial charge is 0.339 e. The maximum atomic E-state index is 12.5. The first-order valence-electron chi connectivity index (χ1n) is 8.98. The second-order valence-corrected chi connectivity index (χ2v) is 9.29. The highest BCUT2D eigenvalue weighted by molar-refractivity contribution is 8.26. The van der Waals surface area contributed by atoms with Gasteiger partial charge in [-0.1, -0.05) is 54.3 Å². The van der Waals surface area contributed by atoms with Crippen LogP contribution in [0.2, 0.25) is 0 Å². The van der Waals surface area contributed by atoms with Crippen LogP contribution in [0.1, 0.15) is 12.5 Å². The van der Waals surface area contributed by atoms with Gasteiger partial charge >= 0.3 is 10.1 Å². The van der Waals surface area contributed by atoms with Crippen molar-refractivity contribution in [3.05, 3.63) is 71.7 Å². The number of carbonyl (C=O) groups is 1. The molecule has 1 aliphatic heterocycles. The van der Waals surface area contributed by atoms with Crippen molar-refractivity contribution in [1.29, 1.82) is 0 Å². The molecule has 2 aromatic carbocycles. The van der Waals surface area contributed by atoms with E-state index in [0.29, 0.717) is 27.9 Å². The Morgan fingerprint density at radius 3 is 2.57 bits per heavy atom. The maximum Gasteiger partial charge on any atom is 0.339 e. The minimum absolute atomic E-state index is 0.0439. The average Bonchev–Trinajstić information content (AvgIpc) is 2.98. The highest BCUT2D eigenvalue weighted by Gasteiger charge is 2.31. The fourth-order valence-corrected chi connectivity index (χ4v) is 4.88. The van der Waals surface area contributed by atoms with Gasteiger partial charge in [-0.15, -0.1) is 6.58 Å². The molecule has 0 spiro atoms. The van der Waals surface area contributed by atoms with Gasteiger partial charge in [0.2, 0.25) is 0 Å². The van der Waals surface area contributed by atoms with Crippen molar-refractivity contribution < 1.29 is 22.1 Å². The Morgan fingerprint density at radius 1 is 1.17 bits per heavy atom. The Bertz CT molecular complexity index is 1110. The van der Waals surface area contributed by atoms with Gasteiger partial charge in [0.05, 0.1) is 11.5 Å². The second kappa shape index (κ2) is 9.46. The minimum Gasteiger partial charge on any atom is -0.490 e. The molecule has 9 heteroatoms. The molecule has 0 saturated carbocycles. The van der Waals surface area contributed by atoms with E-state index in [9.17, 15) is 13.2 Å². The molecule has 1 saturated heterocycles. The number of hydrogen-bond acceptors (Lipinski definition) is 7. The van der Waals surface area contributed by atoms with E-state index < -0.39 is 10.1 Å². The van der Waals surface area contributed by atoms with E-state index in [-0.39, 0.29) is 22.3 Å². The van der Waals surface area contributed by atoms with Crippen molar-refractivity contribution in [2.24, 2.45) is 0 Å². The molecular formula is C21H19NO5S3. The van der Waals surface area contributed by atoms with Crippen molar-refractivity contribution in [2.45, 2.75) is 11.8 Å². The number of thioether (sulfide) groups is 1. The van der Waals surface area contributed by atoms with Gasteiger partial charge in [-0.05, 0) is 42.8 Å². The Labute approximate surface area is 185 Å². The van der Waals surface area contributed by atoms with Crippen LogP contribution >= 0.6 is 24.0 Å². The first-order chi connectivity index (χ1) is 14.4. The van der Waals surface area contributed by atoms with Gasteiger partial charge in [0, 0.05) is 6.54 Å². The summed E-state index contributed by atoms with van der Waals surface area (Å²) >= 11 is 6.44. The lowest BCUT2D eigenvalue weighted by atomic mass is 10.2. The number of benzene rings is 2. The molecule has 0 aliphatic carbocycles. The SMILES string of the molecule is C=CCN1C(=O)/C(=C/c2ccc(OS(=O)(=O)c3ccccc3)c(OCC)c2)SC1=S. The molecule has 1 fully saturated rings. The molecule has 6 nitrogen and oxygen atoms in total. The average molecular weight is 462 g/mol. The summed E-state index contributed by atoms with van der Waals surface area (Å²) in [5.74, 6) is 0.124. The highest BCUT2D eigenvalue weighted by Crippen LogP contribution is 2.35. The van der Waals surface area contributed by atoms with E-state index in [1.165, 1.54) is 34.9 Å². The third-order valence-corrected chi connectivity index (χ3v) is 6.61. The lowest BCUT2D eigenvalue weighted by Gasteiger charge is -2.13. The fourth-order valence-electron chi connectivity index (χ4n) is 2.64. The Morgan fingerprint density at radius 2 is 1.90 bits per heavy atom. The van der Waals surface area contributed by atoms with E-state index in [0.717, 1.165) is 0 Å². The molecule has 0 aromatic heterocycles. The molecule has 3 rings (SSSR count). The van der Waals surface area contributed by atoms with Crippen molar-refractivity contribution in [3.63, 3.8) is 0 Å². The molecule has 156 valence electrons. The molecule has 0 N–H and O–H groups in total. The Kier molecular flexibility index (Phi) is 6.96. The van der Waals surface area contributed by atoms with E-state index >= 15 is 0 Å². The minimum atomic E-state index is -4.01. The molecule has 0 atom stereocenters. The molecule has 30 heavy (non-hydrogen) atoms. The van der Waals surface area contributed by atoms with Crippen LogP contribution in [0.4, 0.5) is 0 Å². The number of thiocarbonyl (C=S) groups is 1. The number of amides is 1. The van der Waals surface area contributed by atoms with Crippen LogP contribution in [-0.2, 0) is 14.9 Å². The van der Waals surface area contributed by atoms with Crippen LogP contribution in [-0.4, -0.2) is 36.7 Å². The molecule has 2 aromatic rings. The van der Waals surface area contributed by atoms with E-state index in [1.54, 1.807) is 49.4 Å². The predicted octanol–water partition coefficient (Wildman–Crippen LogP) is 4.24. The quantitative estimate of drug-likeness (QED) is 0.252. The topological polar surface area (TPSA) is 72.9 Å². The predicted molar refractivity (Wildman–Crippen MR) is 122 cm³/mol. The van der Waals surface area contributed by atoms with Crippen molar-refractivity contribution in [2.75, 3.05) is 13.2 Å². The van der Waals surface area contributed by atoms with Crippen LogP contribution in [0.3, 0.4) is 0 Å². The van der Waals surface area contributed by atoms with Gasteiger partial charge in [-0.2, -0.15) is 8.42 Å². The number of rotatable bonds is 8. The van der Waals surface area contributed by atoms with Gasteiger partial charge in [0.15, 0.2) is 11.5 Å². The first kappa shape index (κ1) is 22.1. The Balaban J connectivity index is 1.90. The van der Waals surface area contributed by atoms with Crippen LogP contribution in [0.25, 0.3) is 6.08 Å². The zero-order valence-electron chi connectivity index (χ0n) is 16.1. The monoisotopic (exact) mass is 461 g/mol. The number of ether oxygens (including phenoxy) is 1. The molecule has 0 radical (unpaired) electrons. The van der Waals surface area contributed by atoms with Crippen molar-refractivity contribution >= 4 is 50.4 Å². The van der Waals surface area contributed by atoms with Crippen LogP contribution in [0, 0.1) is 0 Å². The normalized spacial score (nSPS) is 15.5. The number of carbonyl (C=O) groups excluding carboxylic acids is 1. The highest BCUT2D eigenvalue weighted by atomic mass is 32.2. The zero-order chi connectivity index (χ0) is 21.7. The summed E-state index contributed by atoms with van der Waals surface area (Å²) < 4.78 is 36.4. The molecular weight excluding hydrogens is 442 g/mol. The first-order valence-corrected chi connectivity index (χ1v) is 11.6. The summed E-state index contributed by atoms with van der Waals surface area (Å²) in [6.07, 6.45) is 3.29. The van der Waals surface area contributed by atoms with E-state index in [2.05, 4.69) is 6.58 Å². The van der Waals surface area contributed by atoms with Crippen LogP contribution in [0.15, 0.2) is 71.0 Å². The molecule has 0 bridgehead atoms. The largest absolute Gasteiger partial charge is 0.490 e. The van der Waals surface area contributed by atoms with Gasteiger partial charge in [0.25, 0.3) is 5.91 Å². The molecule has 1 amide bonds. The summed E-state index contributed by atoms with van der Waals surface area (Å²) in [5.41, 5.74) is 0.655. The van der Waals surface area contributed by atoms with E-state index in [4.69, 9.17) is 21.1 Å². The second-order valence-electron chi connectivity index (χ2n) is 6.07. The standard InChI is InChI=1S/C21H19NO5S3/c1-3-12-22-20(23)19(29-21(22)28)14-15-10-11-17(18(13-15)26-4-2)27-30(24,25)16-8-6-5-7-9-16/h3,5-11,13-14H,1,4,12H2,2H3/b19-14-. The van der Waals surface area contributed by atoms with Crippen LogP contribution < -0.4 is 8.92 Å². The summed E-state index contributed by atoms with van der Waals surface area (Å²) in [4.78, 5) is 14.5. The summed E-state index contributed by atoms with van der Waals surface area (Å²) in [5, 5.41) is 0. The van der Waals surface area contributed by atoms with Gasteiger partial charge in [-0.3, -0.25) is 9.69 Å². The van der Waals surface area contributed by atoms with Gasteiger partial charge < -0.3 is 8.92 Å². The summed E-state index contributed by atoms with van der Waals surface area (Å²) in [6, 6.07) is 12.6. The molecule has 1 heterocycles. The molecule has 1 aliphatic rings.